The van der Waals surface area contributed by atoms with Crippen molar-refractivity contribution in [1.29, 1.82) is 0 Å². The molecule has 0 aromatic carbocycles. The molecule has 2 aliphatic rings. The van der Waals surface area contributed by atoms with Crippen molar-refractivity contribution in [2.45, 2.75) is 25.7 Å². The number of alkyl halides is 2. The zero-order valence-electron chi connectivity index (χ0n) is 8.30. The molecular formula is C10H15F2NO. The Kier molecular flexibility index (Phi) is 2.33. The molecular weight excluding hydrogens is 188 g/mol. The first kappa shape index (κ1) is 10.0. The van der Waals surface area contributed by atoms with Crippen LogP contribution in [-0.2, 0) is 4.79 Å². The molecule has 14 heavy (non-hydrogen) atoms. The van der Waals surface area contributed by atoms with Crippen molar-refractivity contribution in [3.8, 4) is 0 Å². The summed E-state index contributed by atoms with van der Waals surface area (Å²) in [5.41, 5.74) is 0. The van der Waals surface area contributed by atoms with Gasteiger partial charge in [0.25, 0.3) is 5.92 Å². The topological polar surface area (TPSA) is 20.3 Å². The van der Waals surface area contributed by atoms with Crippen molar-refractivity contribution in [3.05, 3.63) is 0 Å². The SMILES string of the molecule is CC1CN(CC2CC2(F)F)CCC1=O. The van der Waals surface area contributed by atoms with Gasteiger partial charge in [0, 0.05) is 44.3 Å². The number of piperidine rings is 1. The number of hydrogen-bond acceptors (Lipinski definition) is 2. The number of ketones is 1. The molecule has 1 heterocycles. The Morgan fingerprint density at radius 2 is 2.21 bits per heavy atom. The molecule has 1 saturated heterocycles. The highest BCUT2D eigenvalue weighted by Crippen LogP contribution is 2.49. The van der Waals surface area contributed by atoms with Crippen LogP contribution in [-0.4, -0.2) is 36.2 Å². The third kappa shape index (κ3) is 1.95. The number of hydrogen-bond donors (Lipinski definition) is 0. The highest BCUT2D eigenvalue weighted by atomic mass is 19.3. The van der Waals surface area contributed by atoms with Gasteiger partial charge < -0.3 is 4.90 Å². The molecule has 4 heteroatoms. The number of Topliss-reactive ketones (excluding diaryl/α,β-unsaturated/α-hetero) is 1. The van der Waals surface area contributed by atoms with Crippen molar-refractivity contribution >= 4 is 5.78 Å². The fourth-order valence-corrected chi connectivity index (χ4v) is 2.04. The fourth-order valence-electron chi connectivity index (χ4n) is 2.04. The number of likely N-dealkylation sites (tertiary alicyclic amines) is 1. The Bertz CT molecular complexity index is 255. The Labute approximate surface area is 82.3 Å². The summed E-state index contributed by atoms with van der Waals surface area (Å²) < 4.78 is 25.3. The van der Waals surface area contributed by atoms with Gasteiger partial charge in [-0.2, -0.15) is 0 Å². The lowest BCUT2D eigenvalue weighted by atomic mass is 9.98. The number of nitrogens with zero attached hydrogens (tertiary/aromatic N) is 1. The lowest BCUT2D eigenvalue weighted by Crippen LogP contribution is -2.40. The predicted molar refractivity (Wildman–Crippen MR) is 48.3 cm³/mol. The number of carbonyl (C=O) groups excluding carboxylic acids is 1. The van der Waals surface area contributed by atoms with E-state index >= 15 is 0 Å². The van der Waals surface area contributed by atoms with E-state index in [0.717, 1.165) is 0 Å². The average molecular weight is 203 g/mol. The van der Waals surface area contributed by atoms with Gasteiger partial charge in [0.1, 0.15) is 5.78 Å². The van der Waals surface area contributed by atoms with E-state index in [1.807, 2.05) is 11.8 Å². The highest BCUT2D eigenvalue weighted by Gasteiger charge is 2.57. The van der Waals surface area contributed by atoms with Crippen molar-refractivity contribution < 1.29 is 13.6 Å². The monoisotopic (exact) mass is 203 g/mol. The summed E-state index contributed by atoms with van der Waals surface area (Å²) in [6, 6.07) is 0. The fraction of sp³-hybridized carbons (Fsp3) is 0.900. The van der Waals surface area contributed by atoms with Crippen LogP contribution in [0.15, 0.2) is 0 Å². The van der Waals surface area contributed by atoms with Crippen LogP contribution in [0, 0.1) is 11.8 Å². The summed E-state index contributed by atoms with van der Waals surface area (Å²) in [6.07, 6.45) is 0.561. The Balaban J connectivity index is 1.80. The molecule has 0 N–H and O–H groups in total. The van der Waals surface area contributed by atoms with E-state index < -0.39 is 11.8 Å². The zero-order valence-corrected chi connectivity index (χ0v) is 8.30. The molecule has 0 radical (unpaired) electrons. The summed E-state index contributed by atoms with van der Waals surface area (Å²) in [5.74, 6) is -2.59. The maximum atomic E-state index is 12.6. The molecule has 2 rings (SSSR count). The number of carbonyl (C=O) groups is 1. The first-order valence-corrected chi connectivity index (χ1v) is 5.12. The van der Waals surface area contributed by atoms with Crippen LogP contribution in [0.25, 0.3) is 0 Å². The normalized spacial score (nSPS) is 37.2. The Hall–Kier alpha value is -0.510. The smallest absolute Gasteiger partial charge is 0.252 e. The molecule has 2 unspecified atom stereocenters. The van der Waals surface area contributed by atoms with Gasteiger partial charge in [-0.1, -0.05) is 6.92 Å². The van der Waals surface area contributed by atoms with Crippen LogP contribution < -0.4 is 0 Å². The van der Waals surface area contributed by atoms with Crippen LogP contribution in [0.5, 0.6) is 0 Å². The lowest BCUT2D eigenvalue weighted by molar-refractivity contribution is -0.125. The maximum Gasteiger partial charge on any atom is 0.252 e. The van der Waals surface area contributed by atoms with E-state index in [4.69, 9.17) is 0 Å². The average Bonchev–Trinajstić information content (AvgIpc) is 2.67. The second kappa shape index (κ2) is 3.26. The second-order valence-electron chi connectivity index (χ2n) is 4.54. The quantitative estimate of drug-likeness (QED) is 0.678. The van der Waals surface area contributed by atoms with Crippen LogP contribution in [0.4, 0.5) is 8.78 Å². The van der Waals surface area contributed by atoms with Gasteiger partial charge in [0.2, 0.25) is 0 Å². The summed E-state index contributed by atoms with van der Waals surface area (Å²) in [6.45, 7) is 3.66. The maximum absolute atomic E-state index is 12.6. The molecule has 80 valence electrons. The first-order valence-electron chi connectivity index (χ1n) is 5.12. The van der Waals surface area contributed by atoms with Gasteiger partial charge in [-0.15, -0.1) is 0 Å². The van der Waals surface area contributed by atoms with Gasteiger partial charge in [0.05, 0.1) is 0 Å². The molecule has 1 saturated carbocycles. The Morgan fingerprint density at radius 3 is 2.71 bits per heavy atom. The van der Waals surface area contributed by atoms with Crippen LogP contribution >= 0.6 is 0 Å². The minimum atomic E-state index is -2.43. The summed E-state index contributed by atoms with van der Waals surface area (Å²) >= 11 is 0. The molecule has 1 aliphatic carbocycles. The molecule has 0 amide bonds. The third-order valence-electron chi connectivity index (χ3n) is 3.19. The first-order chi connectivity index (χ1) is 6.49. The molecule has 0 aromatic heterocycles. The zero-order chi connectivity index (χ0) is 10.3. The Morgan fingerprint density at radius 1 is 1.57 bits per heavy atom. The largest absolute Gasteiger partial charge is 0.302 e. The lowest BCUT2D eigenvalue weighted by Gasteiger charge is -2.29. The minimum absolute atomic E-state index is 0.0242. The summed E-state index contributed by atoms with van der Waals surface area (Å²) in [5, 5.41) is 0. The van der Waals surface area contributed by atoms with Crippen molar-refractivity contribution in [3.63, 3.8) is 0 Å². The van der Waals surface area contributed by atoms with E-state index in [0.29, 0.717) is 26.1 Å². The van der Waals surface area contributed by atoms with Crippen LogP contribution in [0.3, 0.4) is 0 Å². The van der Waals surface area contributed by atoms with Gasteiger partial charge in [-0.25, -0.2) is 8.78 Å². The summed E-state index contributed by atoms with van der Waals surface area (Å²) in [7, 11) is 0. The summed E-state index contributed by atoms with van der Waals surface area (Å²) in [4.78, 5) is 13.2. The van der Waals surface area contributed by atoms with Crippen molar-refractivity contribution in [1.82, 2.24) is 4.90 Å². The second-order valence-corrected chi connectivity index (χ2v) is 4.54. The third-order valence-corrected chi connectivity index (χ3v) is 3.19. The molecule has 2 atom stereocenters. The minimum Gasteiger partial charge on any atom is -0.302 e. The van der Waals surface area contributed by atoms with E-state index in [9.17, 15) is 13.6 Å². The van der Waals surface area contributed by atoms with E-state index in [2.05, 4.69) is 0 Å². The predicted octanol–water partition coefficient (Wildman–Crippen LogP) is 1.55. The highest BCUT2D eigenvalue weighted by molar-refractivity contribution is 5.81. The van der Waals surface area contributed by atoms with Gasteiger partial charge in [0.15, 0.2) is 0 Å². The number of halogens is 2. The van der Waals surface area contributed by atoms with Gasteiger partial charge in [-0.05, 0) is 0 Å². The van der Waals surface area contributed by atoms with Gasteiger partial charge >= 0.3 is 0 Å². The van der Waals surface area contributed by atoms with Crippen LogP contribution in [0.1, 0.15) is 19.8 Å². The molecule has 2 fully saturated rings. The standard InChI is InChI=1S/C10H15F2NO/c1-7-5-13(3-2-9(7)14)6-8-4-10(8,11)12/h7-8H,2-6H2,1H3. The van der Waals surface area contributed by atoms with Crippen LogP contribution in [0.2, 0.25) is 0 Å². The van der Waals surface area contributed by atoms with E-state index in [1.165, 1.54) is 0 Å². The molecule has 1 aliphatic heterocycles. The molecule has 2 nitrogen and oxygen atoms in total. The number of rotatable bonds is 2. The van der Waals surface area contributed by atoms with E-state index in [1.54, 1.807) is 0 Å². The molecule has 0 aromatic rings. The van der Waals surface area contributed by atoms with E-state index in [-0.39, 0.29) is 18.1 Å². The van der Waals surface area contributed by atoms with Crippen molar-refractivity contribution in [2.24, 2.45) is 11.8 Å². The molecule has 0 bridgehead atoms. The van der Waals surface area contributed by atoms with Gasteiger partial charge in [-0.3, -0.25) is 4.79 Å². The van der Waals surface area contributed by atoms with Crippen molar-refractivity contribution in [2.75, 3.05) is 19.6 Å². The molecule has 0 spiro atoms.